The van der Waals surface area contributed by atoms with Crippen LogP contribution in [0.3, 0.4) is 0 Å². The van der Waals surface area contributed by atoms with Crippen molar-refractivity contribution in [1.29, 1.82) is 0 Å². The molecule has 0 aromatic heterocycles. The van der Waals surface area contributed by atoms with Crippen molar-refractivity contribution in [2.24, 2.45) is 14.1 Å². The number of rotatable bonds is 6. The molecule has 0 aliphatic carbocycles. The maximum absolute atomic E-state index is 12.3. The van der Waals surface area contributed by atoms with Gasteiger partial charge in [0, 0.05) is 26.2 Å². The van der Waals surface area contributed by atoms with Gasteiger partial charge < -0.3 is 9.64 Å². The summed E-state index contributed by atoms with van der Waals surface area (Å²) >= 11 is 0. The van der Waals surface area contributed by atoms with E-state index in [-0.39, 0.29) is 11.5 Å². The van der Waals surface area contributed by atoms with Crippen LogP contribution in [0.5, 0.6) is 5.75 Å². The molecule has 1 aromatic rings. The lowest BCUT2D eigenvalue weighted by Crippen LogP contribution is -2.36. The lowest BCUT2D eigenvalue weighted by atomic mass is 10.2. The Morgan fingerprint density at radius 2 is 1.78 bits per heavy atom. The summed E-state index contributed by atoms with van der Waals surface area (Å²) in [6, 6.07) is 7.36. The van der Waals surface area contributed by atoms with Gasteiger partial charge in [0.1, 0.15) is 5.75 Å². The maximum atomic E-state index is 12.3. The smallest absolute Gasteiger partial charge is 0.352 e. The van der Waals surface area contributed by atoms with E-state index in [4.69, 9.17) is 4.74 Å². The van der Waals surface area contributed by atoms with E-state index in [0.717, 1.165) is 28.8 Å². The molecule has 2 aliphatic heterocycles. The first-order valence-corrected chi connectivity index (χ1v) is 8.57. The van der Waals surface area contributed by atoms with Gasteiger partial charge >= 0.3 is 5.69 Å². The molecular weight excluding hydrogens is 348 g/mol. The van der Waals surface area contributed by atoms with E-state index in [9.17, 15) is 9.59 Å². The van der Waals surface area contributed by atoms with Crippen LogP contribution in [0.1, 0.15) is 6.42 Å². The number of ether oxygens (including phenoxy) is 1. The molecule has 1 aromatic carbocycles. The van der Waals surface area contributed by atoms with Gasteiger partial charge in [-0.1, -0.05) is 0 Å². The van der Waals surface area contributed by atoms with E-state index in [2.05, 4.69) is 20.0 Å². The van der Waals surface area contributed by atoms with E-state index in [1.807, 2.05) is 38.4 Å². The summed E-state index contributed by atoms with van der Waals surface area (Å²) in [5.74, 6) is 1.30. The van der Waals surface area contributed by atoms with Gasteiger partial charge in [0.25, 0.3) is 5.56 Å². The lowest BCUT2D eigenvalue weighted by molar-refractivity contribution is 0.281. The Labute approximate surface area is 156 Å². The van der Waals surface area contributed by atoms with Crippen molar-refractivity contribution in [3.05, 3.63) is 45.1 Å². The normalized spacial score (nSPS) is 11.3. The Kier molecular flexibility index (Phi) is 5.31. The highest BCUT2D eigenvalue weighted by atomic mass is 16.5. The first-order valence-electron chi connectivity index (χ1n) is 8.57. The third-order valence-corrected chi connectivity index (χ3v) is 4.11. The molecule has 0 fully saturated rings. The van der Waals surface area contributed by atoms with E-state index in [0.29, 0.717) is 12.4 Å². The van der Waals surface area contributed by atoms with Crippen LogP contribution in [0.2, 0.25) is 0 Å². The molecule has 0 bridgehead atoms. The number of fused-ring (bicyclic) bond motifs is 1. The zero-order valence-electron chi connectivity index (χ0n) is 15.8. The Morgan fingerprint density at radius 1 is 1.07 bits per heavy atom. The molecule has 0 atom stereocenters. The fraction of sp³-hybridized carbons (Fsp3) is 0.389. The van der Waals surface area contributed by atoms with Crippen LogP contribution < -0.4 is 16.0 Å². The van der Waals surface area contributed by atoms with Gasteiger partial charge in [0.2, 0.25) is 0 Å². The minimum atomic E-state index is -0.629. The van der Waals surface area contributed by atoms with E-state index in [1.165, 1.54) is 11.7 Å². The first kappa shape index (κ1) is 18.7. The molecule has 0 unspecified atom stereocenters. The van der Waals surface area contributed by atoms with Crippen LogP contribution in [0.4, 0.5) is 0 Å². The van der Waals surface area contributed by atoms with Gasteiger partial charge in [0.15, 0.2) is 17.3 Å². The highest BCUT2D eigenvalue weighted by molar-refractivity contribution is 5.60. The largest absolute Gasteiger partial charge is 0.494 e. The van der Waals surface area contributed by atoms with Crippen LogP contribution in [0, 0.1) is 0 Å². The fourth-order valence-electron chi connectivity index (χ4n) is 2.59. The number of hydrogen-bond donors (Lipinski definition) is 0. The van der Waals surface area contributed by atoms with E-state index in [1.54, 1.807) is 7.05 Å². The molecule has 0 radical (unpaired) electrons. The molecule has 0 saturated heterocycles. The summed E-state index contributed by atoms with van der Waals surface area (Å²) in [6.07, 6.45) is 0.941. The second kappa shape index (κ2) is 7.67. The van der Waals surface area contributed by atoms with Crippen molar-refractivity contribution in [3.8, 4) is 28.7 Å². The third-order valence-electron chi connectivity index (χ3n) is 4.11. The predicted molar refractivity (Wildman–Crippen MR) is 101 cm³/mol. The van der Waals surface area contributed by atoms with Gasteiger partial charge in [-0.3, -0.25) is 9.36 Å². The van der Waals surface area contributed by atoms with Gasteiger partial charge in [0.05, 0.1) is 6.61 Å². The first-order chi connectivity index (χ1) is 12.9. The minimum Gasteiger partial charge on any atom is -0.494 e. The van der Waals surface area contributed by atoms with Gasteiger partial charge in [-0.05, 0) is 44.8 Å². The van der Waals surface area contributed by atoms with E-state index < -0.39 is 11.2 Å². The second-order valence-electron chi connectivity index (χ2n) is 6.52. The average Bonchev–Trinajstić information content (AvgIpc) is 2.64. The van der Waals surface area contributed by atoms with Crippen molar-refractivity contribution < 1.29 is 4.74 Å². The lowest BCUT2D eigenvalue weighted by Gasteiger charge is -2.12. The van der Waals surface area contributed by atoms with Crippen molar-refractivity contribution in [2.75, 3.05) is 27.2 Å². The van der Waals surface area contributed by atoms with Crippen LogP contribution in [0.25, 0.3) is 22.9 Å². The zero-order valence-corrected chi connectivity index (χ0v) is 15.8. The summed E-state index contributed by atoms with van der Waals surface area (Å²) in [4.78, 5) is 34.3. The molecule has 0 spiro atoms. The third kappa shape index (κ3) is 4.03. The molecular formula is C18H22N6O3. The topological polar surface area (TPSA) is 95.1 Å². The summed E-state index contributed by atoms with van der Waals surface area (Å²) in [7, 11) is 7.06. The number of nitrogens with zero attached hydrogens (tertiary/aromatic N) is 6. The summed E-state index contributed by atoms with van der Waals surface area (Å²) in [5.41, 5.74) is -0.282. The zero-order chi connectivity index (χ0) is 19.6. The Hall–Kier alpha value is -3.07. The molecule has 0 N–H and O–H groups in total. The Bertz CT molecular complexity index is 1020. The number of benzene rings is 1. The standard InChI is InChI=1S/C18H22N6O3/c1-22(2)10-5-11-27-13-8-6-12(7-9-13)15-19-14-16(24(4)21-15)20-18(26)23(3)17(14)25/h6-9H,5,10-11H2,1-4H3. The van der Waals surface area contributed by atoms with Crippen LogP contribution >= 0.6 is 0 Å². The molecule has 9 nitrogen and oxygen atoms in total. The average molecular weight is 370 g/mol. The van der Waals surface area contributed by atoms with Gasteiger partial charge in [-0.2, -0.15) is 10.1 Å². The van der Waals surface area contributed by atoms with Crippen LogP contribution in [-0.4, -0.2) is 56.5 Å². The molecule has 2 aliphatic rings. The molecule has 0 amide bonds. The highest BCUT2D eigenvalue weighted by Gasteiger charge is 2.19. The molecule has 2 heterocycles. The number of aryl methyl sites for hydroxylation is 1. The van der Waals surface area contributed by atoms with Crippen molar-refractivity contribution in [2.45, 2.75) is 6.42 Å². The fourth-order valence-corrected chi connectivity index (χ4v) is 2.59. The summed E-state index contributed by atoms with van der Waals surface area (Å²) < 4.78 is 8.05. The Morgan fingerprint density at radius 3 is 2.44 bits per heavy atom. The summed E-state index contributed by atoms with van der Waals surface area (Å²) in [5, 5.41) is 4.32. The highest BCUT2D eigenvalue weighted by Crippen LogP contribution is 2.21. The maximum Gasteiger partial charge on any atom is 0.352 e. The van der Waals surface area contributed by atoms with Crippen molar-refractivity contribution in [1.82, 2.24) is 29.2 Å². The SMILES string of the molecule is CN(C)CCCOc1ccc(-c2nc3c(=O)n(C)c(=O)nc-3n(C)n2)cc1. The second-order valence-corrected chi connectivity index (χ2v) is 6.52. The van der Waals surface area contributed by atoms with Crippen molar-refractivity contribution in [3.63, 3.8) is 0 Å². The Balaban J connectivity index is 1.86. The molecule has 27 heavy (non-hydrogen) atoms. The molecule has 9 heteroatoms. The molecule has 3 rings (SSSR count). The quantitative estimate of drug-likeness (QED) is 0.579. The van der Waals surface area contributed by atoms with Crippen LogP contribution in [0.15, 0.2) is 33.9 Å². The summed E-state index contributed by atoms with van der Waals surface area (Å²) in [6.45, 7) is 1.60. The van der Waals surface area contributed by atoms with Gasteiger partial charge in [-0.25, -0.2) is 14.5 Å². The number of hydrogen-bond acceptors (Lipinski definition) is 7. The molecule has 142 valence electrons. The predicted octanol–water partition coefficient (Wildman–Crippen LogP) is 0.371. The van der Waals surface area contributed by atoms with Gasteiger partial charge in [-0.15, -0.1) is 0 Å². The monoisotopic (exact) mass is 370 g/mol. The molecule has 0 saturated carbocycles. The van der Waals surface area contributed by atoms with Crippen molar-refractivity contribution >= 4 is 0 Å². The van der Waals surface area contributed by atoms with E-state index >= 15 is 0 Å². The van der Waals surface area contributed by atoms with Crippen LogP contribution in [-0.2, 0) is 14.1 Å². The minimum absolute atomic E-state index is 0.105. The number of aromatic nitrogens is 5.